The number of hydrogen-bond donors (Lipinski definition) is 2. The molecule has 0 aliphatic rings. The normalized spacial score (nSPS) is 11.6. The van der Waals surface area contributed by atoms with E-state index in [1.807, 2.05) is 29.1 Å². The van der Waals surface area contributed by atoms with Crippen LogP contribution in [0.15, 0.2) is 47.7 Å². The Morgan fingerprint density at radius 1 is 1.14 bits per heavy atom. The Morgan fingerprint density at radius 3 is 2.69 bits per heavy atom. The number of thiazole rings is 1. The summed E-state index contributed by atoms with van der Waals surface area (Å²) in [6, 6.07) is 10.2. The highest BCUT2D eigenvalue weighted by Gasteiger charge is 2.06. The minimum absolute atomic E-state index is 0.779. The van der Waals surface area contributed by atoms with Crippen molar-refractivity contribution in [1.29, 1.82) is 0 Å². The second-order valence-corrected chi connectivity index (χ2v) is 8.24. The van der Waals surface area contributed by atoms with Gasteiger partial charge in [0.05, 0.1) is 16.4 Å². The molecule has 0 spiro atoms. The average molecular weight is 411 g/mol. The first-order chi connectivity index (χ1) is 14.2. The molecule has 2 aromatic heterocycles. The molecule has 0 fully saturated rings. The van der Waals surface area contributed by atoms with Crippen LogP contribution in [0.1, 0.15) is 34.5 Å². The Morgan fingerprint density at radius 2 is 1.97 bits per heavy atom. The van der Waals surface area contributed by atoms with Crippen molar-refractivity contribution in [2.45, 2.75) is 40.0 Å². The van der Waals surface area contributed by atoms with Gasteiger partial charge in [-0.25, -0.2) is 9.67 Å². The van der Waals surface area contributed by atoms with Crippen LogP contribution in [0.25, 0.3) is 5.69 Å². The highest BCUT2D eigenvalue weighted by Crippen LogP contribution is 2.13. The molecule has 0 radical (unpaired) electrons. The minimum atomic E-state index is 0.779. The molecule has 2 heterocycles. The van der Waals surface area contributed by atoms with Crippen molar-refractivity contribution in [2.75, 3.05) is 19.6 Å². The summed E-state index contributed by atoms with van der Waals surface area (Å²) in [6.07, 6.45) is 6.94. The van der Waals surface area contributed by atoms with Crippen LogP contribution in [0.5, 0.6) is 0 Å². The molecular weight excluding hydrogens is 380 g/mol. The largest absolute Gasteiger partial charge is 0.357 e. The van der Waals surface area contributed by atoms with Crippen LogP contribution in [0.3, 0.4) is 0 Å². The van der Waals surface area contributed by atoms with Gasteiger partial charge in [-0.15, -0.1) is 11.3 Å². The fourth-order valence-corrected chi connectivity index (χ4v) is 3.85. The molecule has 0 saturated carbocycles. The number of aromatic nitrogens is 3. The first-order valence-electron chi connectivity index (χ1n) is 10.2. The molecule has 0 saturated heterocycles. The van der Waals surface area contributed by atoms with Gasteiger partial charge in [0.15, 0.2) is 5.96 Å². The lowest BCUT2D eigenvalue weighted by molar-refractivity contribution is 0.774. The molecule has 0 bridgehead atoms. The zero-order chi connectivity index (χ0) is 20.5. The Balaban J connectivity index is 1.47. The number of rotatable bonds is 9. The van der Waals surface area contributed by atoms with Crippen molar-refractivity contribution in [1.82, 2.24) is 25.4 Å². The molecule has 0 aliphatic heterocycles. The fraction of sp³-hybridized carbons (Fsp3) is 0.409. The van der Waals surface area contributed by atoms with Gasteiger partial charge in [0.1, 0.15) is 0 Å². The maximum Gasteiger partial charge on any atom is 0.191 e. The van der Waals surface area contributed by atoms with E-state index in [-0.39, 0.29) is 0 Å². The number of aryl methyl sites for hydroxylation is 3. The molecule has 0 unspecified atom stereocenters. The Hall–Kier alpha value is -2.67. The van der Waals surface area contributed by atoms with E-state index in [0.29, 0.717) is 0 Å². The number of para-hydroxylation sites is 1. The summed E-state index contributed by atoms with van der Waals surface area (Å²) in [5, 5.41) is 12.5. The predicted octanol–water partition coefficient (Wildman–Crippen LogP) is 3.68. The molecule has 0 aliphatic carbocycles. The van der Waals surface area contributed by atoms with Gasteiger partial charge in [-0.05, 0) is 51.3 Å². The number of benzene rings is 1. The highest BCUT2D eigenvalue weighted by atomic mass is 32.1. The van der Waals surface area contributed by atoms with E-state index in [4.69, 9.17) is 4.99 Å². The van der Waals surface area contributed by atoms with Gasteiger partial charge in [0.2, 0.25) is 0 Å². The van der Waals surface area contributed by atoms with Crippen LogP contribution in [-0.4, -0.2) is 40.4 Å². The standard InChI is InChI=1S/C22H30N6S/c1-4-23-22(25-14-12-21-26-15-17(2)29-21)24-13-8-9-19-16-28(27-18(19)3)20-10-6-5-7-11-20/h5-7,10-11,15-16H,4,8-9,12-14H2,1-3H3,(H2,23,24,25). The van der Waals surface area contributed by atoms with Gasteiger partial charge in [0.25, 0.3) is 0 Å². The van der Waals surface area contributed by atoms with Crippen LogP contribution < -0.4 is 10.6 Å². The summed E-state index contributed by atoms with van der Waals surface area (Å²) >= 11 is 1.75. The second-order valence-electron chi connectivity index (χ2n) is 6.93. The first kappa shape index (κ1) is 21.0. The van der Waals surface area contributed by atoms with E-state index in [9.17, 15) is 0 Å². The molecule has 6 nitrogen and oxygen atoms in total. The SMILES string of the molecule is CCNC(=NCCCc1cn(-c2ccccc2)nc1C)NCCc1ncc(C)s1. The molecule has 1 aromatic carbocycles. The van der Waals surface area contributed by atoms with Gasteiger partial charge >= 0.3 is 0 Å². The molecule has 154 valence electrons. The summed E-state index contributed by atoms with van der Waals surface area (Å²) in [6.45, 7) is 8.71. The van der Waals surface area contributed by atoms with Crippen LogP contribution in [-0.2, 0) is 12.8 Å². The van der Waals surface area contributed by atoms with Crippen molar-refractivity contribution >= 4 is 17.3 Å². The van der Waals surface area contributed by atoms with E-state index in [1.165, 1.54) is 10.4 Å². The second kappa shape index (κ2) is 10.8. The molecule has 7 heteroatoms. The fourth-order valence-electron chi connectivity index (χ4n) is 3.06. The average Bonchev–Trinajstić information content (AvgIpc) is 3.31. The van der Waals surface area contributed by atoms with Gasteiger partial charge in [-0.2, -0.15) is 5.10 Å². The molecule has 3 aromatic rings. The summed E-state index contributed by atoms with van der Waals surface area (Å²) in [7, 11) is 0. The van der Waals surface area contributed by atoms with Crippen LogP contribution in [0.2, 0.25) is 0 Å². The number of hydrogen-bond acceptors (Lipinski definition) is 4. The lowest BCUT2D eigenvalue weighted by Crippen LogP contribution is -2.38. The summed E-state index contributed by atoms with van der Waals surface area (Å²) in [5.74, 6) is 0.873. The molecular formula is C22H30N6S. The van der Waals surface area contributed by atoms with Gasteiger partial charge in [-0.3, -0.25) is 4.99 Å². The van der Waals surface area contributed by atoms with E-state index >= 15 is 0 Å². The van der Waals surface area contributed by atoms with E-state index in [0.717, 1.165) is 61.2 Å². The lowest BCUT2D eigenvalue weighted by atomic mass is 10.1. The number of nitrogens with zero attached hydrogens (tertiary/aromatic N) is 4. The summed E-state index contributed by atoms with van der Waals surface area (Å²) in [5.41, 5.74) is 3.46. The predicted molar refractivity (Wildman–Crippen MR) is 121 cm³/mol. The van der Waals surface area contributed by atoms with Crippen LogP contribution in [0, 0.1) is 13.8 Å². The first-order valence-corrected chi connectivity index (χ1v) is 11.0. The van der Waals surface area contributed by atoms with Crippen molar-refractivity contribution in [2.24, 2.45) is 4.99 Å². The van der Waals surface area contributed by atoms with Gasteiger partial charge in [-0.1, -0.05) is 18.2 Å². The molecule has 0 atom stereocenters. The third-order valence-corrected chi connectivity index (χ3v) is 5.51. The number of guanidine groups is 1. The maximum atomic E-state index is 4.71. The smallest absolute Gasteiger partial charge is 0.191 e. The van der Waals surface area contributed by atoms with Crippen molar-refractivity contribution in [3.63, 3.8) is 0 Å². The quantitative estimate of drug-likeness (QED) is 0.321. The van der Waals surface area contributed by atoms with Gasteiger partial charge in [0, 0.05) is 43.3 Å². The monoisotopic (exact) mass is 410 g/mol. The van der Waals surface area contributed by atoms with Crippen molar-refractivity contribution < 1.29 is 0 Å². The van der Waals surface area contributed by atoms with Crippen molar-refractivity contribution in [3.8, 4) is 5.69 Å². The zero-order valence-electron chi connectivity index (χ0n) is 17.5. The zero-order valence-corrected chi connectivity index (χ0v) is 18.3. The highest BCUT2D eigenvalue weighted by molar-refractivity contribution is 7.11. The van der Waals surface area contributed by atoms with Crippen molar-refractivity contribution in [3.05, 3.63) is 63.9 Å². The van der Waals surface area contributed by atoms with Gasteiger partial charge < -0.3 is 10.6 Å². The minimum Gasteiger partial charge on any atom is -0.357 e. The summed E-state index contributed by atoms with van der Waals surface area (Å²) in [4.78, 5) is 10.4. The Kier molecular flexibility index (Phi) is 7.81. The third kappa shape index (κ3) is 6.42. The Labute approximate surface area is 177 Å². The van der Waals surface area contributed by atoms with Crippen LogP contribution in [0.4, 0.5) is 0 Å². The topological polar surface area (TPSA) is 67.1 Å². The van der Waals surface area contributed by atoms with E-state index in [2.05, 4.69) is 59.8 Å². The van der Waals surface area contributed by atoms with E-state index < -0.39 is 0 Å². The lowest BCUT2D eigenvalue weighted by Gasteiger charge is -2.10. The molecule has 3 rings (SSSR count). The van der Waals surface area contributed by atoms with Crippen LogP contribution >= 0.6 is 11.3 Å². The Bertz CT molecular complexity index is 913. The maximum absolute atomic E-state index is 4.71. The third-order valence-electron chi connectivity index (χ3n) is 4.54. The number of aliphatic imine (C=N–C) groups is 1. The van der Waals surface area contributed by atoms with E-state index in [1.54, 1.807) is 11.3 Å². The molecule has 2 N–H and O–H groups in total. The summed E-state index contributed by atoms with van der Waals surface area (Å²) < 4.78 is 1.96. The molecule has 0 amide bonds. The molecule has 29 heavy (non-hydrogen) atoms. The number of nitrogens with one attached hydrogen (secondary N) is 2.